The third kappa shape index (κ3) is 4.42. The van der Waals surface area contributed by atoms with E-state index in [1.54, 1.807) is 17.7 Å². The lowest BCUT2D eigenvalue weighted by molar-refractivity contribution is 0.239. The number of hydrogen-bond donors (Lipinski definition) is 2. The highest BCUT2D eigenvalue weighted by Crippen LogP contribution is 2.27. The van der Waals surface area contributed by atoms with Gasteiger partial charge in [0.25, 0.3) is 0 Å². The van der Waals surface area contributed by atoms with E-state index in [0.29, 0.717) is 29.8 Å². The molecule has 3 heterocycles. The number of carbonyl (C=O) groups is 1. The van der Waals surface area contributed by atoms with E-state index in [0.717, 1.165) is 23.4 Å². The molecule has 5 rings (SSSR count). The summed E-state index contributed by atoms with van der Waals surface area (Å²) in [7, 11) is 0. The number of hydrogen-bond acceptors (Lipinski definition) is 6. The standard InChI is InChI=1S/C22H20ClFN8O2/c1-13-29-21(32(30-13)15-4-5-17(23)18(24)8-15)11-26-22(33)25-10-20-27-12-28-31(20)16-3-2-14-6-7-34-19(14)9-16/h2-5,8-9,12H,6-7,10-11H2,1H3,(H2,25,26,33). The molecule has 12 heteroatoms. The number of nitrogens with one attached hydrogen (secondary N) is 2. The number of amides is 2. The van der Waals surface area contributed by atoms with Gasteiger partial charge in [0.2, 0.25) is 0 Å². The van der Waals surface area contributed by atoms with Crippen LogP contribution < -0.4 is 15.4 Å². The van der Waals surface area contributed by atoms with Crippen molar-refractivity contribution in [2.24, 2.45) is 0 Å². The van der Waals surface area contributed by atoms with Gasteiger partial charge >= 0.3 is 6.03 Å². The van der Waals surface area contributed by atoms with Crippen LogP contribution in [-0.2, 0) is 19.5 Å². The second-order valence-corrected chi connectivity index (χ2v) is 8.01. The minimum atomic E-state index is -0.567. The van der Waals surface area contributed by atoms with Crippen molar-refractivity contribution in [3.8, 4) is 17.1 Å². The first kappa shape index (κ1) is 21.8. The number of rotatable bonds is 6. The molecule has 1 aliphatic heterocycles. The summed E-state index contributed by atoms with van der Waals surface area (Å²) in [6.07, 6.45) is 2.32. The maximum atomic E-state index is 13.9. The number of aryl methyl sites for hydroxylation is 1. The van der Waals surface area contributed by atoms with Crippen LogP contribution in [0.3, 0.4) is 0 Å². The Hall–Kier alpha value is -3.99. The molecule has 0 fully saturated rings. The number of halogens is 2. The van der Waals surface area contributed by atoms with E-state index in [1.165, 1.54) is 23.1 Å². The van der Waals surface area contributed by atoms with Crippen LogP contribution in [0.4, 0.5) is 9.18 Å². The first-order valence-electron chi connectivity index (χ1n) is 10.5. The van der Waals surface area contributed by atoms with Crippen molar-refractivity contribution in [2.75, 3.05) is 6.61 Å². The van der Waals surface area contributed by atoms with Crippen LogP contribution in [0, 0.1) is 12.7 Å². The quantitative estimate of drug-likeness (QED) is 0.437. The highest BCUT2D eigenvalue weighted by atomic mass is 35.5. The van der Waals surface area contributed by atoms with Crippen LogP contribution in [0.2, 0.25) is 5.02 Å². The predicted octanol–water partition coefficient (Wildman–Crippen LogP) is 2.88. The summed E-state index contributed by atoms with van der Waals surface area (Å²) in [5, 5.41) is 14.0. The van der Waals surface area contributed by atoms with E-state index in [1.807, 2.05) is 18.2 Å². The maximum absolute atomic E-state index is 13.9. The van der Waals surface area contributed by atoms with Crippen molar-refractivity contribution in [3.05, 3.63) is 76.6 Å². The van der Waals surface area contributed by atoms with Gasteiger partial charge in [-0.2, -0.15) is 10.2 Å². The van der Waals surface area contributed by atoms with Crippen molar-refractivity contribution in [2.45, 2.75) is 26.4 Å². The molecule has 34 heavy (non-hydrogen) atoms. The molecule has 4 aromatic rings. The Bertz CT molecular complexity index is 1370. The number of fused-ring (bicyclic) bond motifs is 1. The number of aromatic nitrogens is 6. The Morgan fingerprint density at radius 2 is 1.88 bits per heavy atom. The van der Waals surface area contributed by atoms with Crippen LogP contribution in [0.15, 0.2) is 42.7 Å². The minimum Gasteiger partial charge on any atom is -0.493 e. The molecule has 0 radical (unpaired) electrons. The summed E-state index contributed by atoms with van der Waals surface area (Å²) in [6.45, 7) is 2.61. The van der Waals surface area contributed by atoms with Crippen molar-refractivity contribution >= 4 is 17.6 Å². The van der Waals surface area contributed by atoms with Gasteiger partial charge < -0.3 is 15.4 Å². The van der Waals surface area contributed by atoms with E-state index in [9.17, 15) is 9.18 Å². The molecule has 0 saturated carbocycles. The summed E-state index contributed by atoms with van der Waals surface area (Å²) >= 11 is 5.76. The molecular formula is C22H20ClFN8O2. The largest absolute Gasteiger partial charge is 0.493 e. The molecule has 10 nitrogen and oxygen atoms in total. The Morgan fingerprint density at radius 3 is 2.71 bits per heavy atom. The fourth-order valence-electron chi connectivity index (χ4n) is 3.67. The van der Waals surface area contributed by atoms with Crippen molar-refractivity contribution in [1.29, 1.82) is 0 Å². The summed E-state index contributed by atoms with van der Waals surface area (Å²) in [6, 6.07) is 9.76. The van der Waals surface area contributed by atoms with Crippen LogP contribution >= 0.6 is 11.6 Å². The van der Waals surface area contributed by atoms with Crippen LogP contribution in [0.5, 0.6) is 5.75 Å². The van der Waals surface area contributed by atoms with Crippen LogP contribution in [0.1, 0.15) is 23.0 Å². The fourth-order valence-corrected chi connectivity index (χ4v) is 3.78. The topological polar surface area (TPSA) is 112 Å². The van der Waals surface area contributed by atoms with Crippen molar-refractivity contribution < 1.29 is 13.9 Å². The second-order valence-electron chi connectivity index (χ2n) is 7.60. The number of urea groups is 1. The molecule has 0 spiro atoms. The normalized spacial score (nSPS) is 12.3. The molecule has 0 atom stereocenters. The summed E-state index contributed by atoms with van der Waals surface area (Å²) in [4.78, 5) is 21.0. The molecule has 1 aliphatic rings. The molecule has 0 bridgehead atoms. The first-order chi connectivity index (χ1) is 16.5. The maximum Gasteiger partial charge on any atom is 0.315 e. The molecule has 174 valence electrons. The summed E-state index contributed by atoms with van der Waals surface area (Å²) < 4.78 is 22.6. The summed E-state index contributed by atoms with van der Waals surface area (Å²) in [5.41, 5.74) is 2.41. The van der Waals surface area contributed by atoms with E-state index < -0.39 is 11.8 Å². The zero-order valence-corrected chi connectivity index (χ0v) is 18.9. The van der Waals surface area contributed by atoms with Gasteiger partial charge in [-0.15, -0.1) is 0 Å². The monoisotopic (exact) mass is 482 g/mol. The molecule has 0 aliphatic carbocycles. The number of ether oxygens (including phenoxy) is 1. The van der Waals surface area contributed by atoms with Crippen LogP contribution in [0.25, 0.3) is 11.4 Å². The highest BCUT2D eigenvalue weighted by molar-refractivity contribution is 6.30. The van der Waals surface area contributed by atoms with Gasteiger partial charge in [0.15, 0.2) is 11.6 Å². The van der Waals surface area contributed by atoms with E-state index in [2.05, 4.69) is 30.8 Å². The third-order valence-electron chi connectivity index (χ3n) is 5.28. The second kappa shape index (κ2) is 9.10. The first-order valence-corrected chi connectivity index (χ1v) is 10.9. The summed E-state index contributed by atoms with van der Waals surface area (Å²) in [5.74, 6) is 1.76. The highest BCUT2D eigenvalue weighted by Gasteiger charge is 2.16. The van der Waals surface area contributed by atoms with Gasteiger partial charge in [-0.05, 0) is 30.7 Å². The Labute approximate surface area is 198 Å². The van der Waals surface area contributed by atoms with Crippen LogP contribution in [-0.4, -0.2) is 42.2 Å². The molecule has 0 saturated heterocycles. The minimum absolute atomic E-state index is 0.0138. The van der Waals surface area contributed by atoms with Gasteiger partial charge in [-0.1, -0.05) is 17.7 Å². The Kier molecular flexibility index (Phi) is 5.84. The molecular weight excluding hydrogens is 463 g/mol. The van der Waals surface area contributed by atoms with Gasteiger partial charge in [-0.25, -0.2) is 28.5 Å². The Morgan fingerprint density at radius 1 is 1.12 bits per heavy atom. The molecule has 2 aromatic heterocycles. The lowest BCUT2D eigenvalue weighted by Gasteiger charge is -2.10. The average Bonchev–Trinajstić information content (AvgIpc) is 3.57. The molecule has 2 aromatic carbocycles. The third-order valence-corrected chi connectivity index (χ3v) is 5.59. The van der Waals surface area contributed by atoms with Crippen molar-refractivity contribution in [3.63, 3.8) is 0 Å². The lowest BCUT2D eigenvalue weighted by Crippen LogP contribution is -2.36. The number of benzene rings is 2. The molecule has 0 unspecified atom stereocenters. The molecule has 2 amide bonds. The molecule has 2 N–H and O–H groups in total. The smallest absolute Gasteiger partial charge is 0.315 e. The Balaban J connectivity index is 1.23. The lowest BCUT2D eigenvalue weighted by atomic mass is 10.1. The van der Waals surface area contributed by atoms with E-state index in [-0.39, 0.29) is 18.1 Å². The van der Waals surface area contributed by atoms with Gasteiger partial charge in [0.1, 0.15) is 23.7 Å². The van der Waals surface area contributed by atoms with E-state index in [4.69, 9.17) is 16.3 Å². The van der Waals surface area contributed by atoms with Gasteiger partial charge in [0, 0.05) is 18.6 Å². The SMILES string of the molecule is Cc1nc(CNC(=O)NCc2ncnn2-c2ccc3c(c2)OCC3)n(-c2ccc(Cl)c(F)c2)n1. The van der Waals surface area contributed by atoms with Gasteiger partial charge in [-0.3, -0.25) is 0 Å². The number of carbonyl (C=O) groups excluding carboxylic acids is 1. The zero-order valence-electron chi connectivity index (χ0n) is 18.1. The van der Waals surface area contributed by atoms with Gasteiger partial charge in [0.05, 0.1) is 36.1 Å². The average molecular weight is 483 g/mol. The zero-order chi connectivity index (χ0) is 23.7. The fraction of sp³-hybridized carbons (Fsp3) is 0.227. The van der Waals surface area contributed by atoms with E-state index >= 15 is 0 Å². The van der Waals surface area contributed by atoms with Crippen molar-refractivity contribution in [1.82, 2.24) is 40.2 Å². The number of nitrogens with zero attached hydrogens (tertiary/aromatic N) is 6. The predicted molar refractivity (Wildman–Crippen MR) is 121 cm³/mol.